The van der Waals surface area contributed by atoms with Gasteiger partial charge in [0.15, 0.2) is 0 Å². The van der Waals surface area contributed by atoms with E-state index in [0.717, 1.165) is 24.3 Å². The molecule has 10 heteroatoms. The molecule has 0 fully saturated rings. The molecule has 1 aromatic carbocycles. The van der Waals surface area contributed by atoms with E-state index in [9.17, 15) is 22.8 Å². The van der Waals surface area contributed by atoms with Gasteiger partial charge in [-0.1, -0.05) is 17.7 Å². The summed E-state index contributed by atoms with van der Waals surface area (Å²) in [5.41, 5.74) is 1.61. The molecule has 0 radical (unpaired) electrons. The molecule has 158 valence electrons. The van der Waals surface area contributed by atoms with Gasteiger partial charge in [0.25, 0.3) is 0 Å². The number of fused-ring (bicyclic) bond motifs is 3. The number of pyridine rings is 2. The van der Waals surface area contributed by atoms with Crippen LogP contribution < -0.4 is 10.2 Å². The van der Waals surface area contributed by atoms with Gasteiger partial charge in [0.1, 0.15) is 11.7 Å². The molecular weight excluding hydrogens is 433 g/mol. The van der Waals surface area contributed by atoms with Gasteiger partial charge in [0.2, 0.25) is 11.8 Å². The Morgan fingerprint density at radius 1 is 1.13 bits per heavy atom. The van der Waals surface area contributed by atoms with Crippen LogP contribution in [-0.2, 0) is 22.2 Å². The summed E-state index contributed by atoms with van der Waals surface area (Å²) in [7, 11) is 0. The Hall–Kier alpha value is -3.46. The number of halogens is 4. The van der Waals surface area contributed by atoms with Gasteiger partial charge in [-0.2, -0.15) is 13.2 Å². The van der Waals surface area contributed by atoms with Crippen molar-refractivity contribution in [3.8, 4) is 11.1 Å². The molecule has 6 nitrogen and oxygen atoms in total. The van der Waals surface area contributed by atoms with Crippen LogP contribution in [0, 0.1) is 0 Å². The van der Waals surface area contributed by atoms with E-state index in [1.165, 1.54) is 17.2 Å². The summed E-state index contributed by atoms with van der Waals surface area (Å²) in [5.74, 6) is -0.950. The smallest absolute Gasteiger partial charge is 0.325 e. The minimum Gasteiger partial charge on any atom is -0.325 e. The maximum absolute atomic E-state index is 12.9. The van der Waals surface area contributed by atoms with Crippen LogP contribution in [0.3, 0.4) is 0 Å². The van der Waals surface area contributed by atoms with Crippen molar-refractivity contribution in [3.05, 3.63) is 71.3 Å². The van der Waals surface area contributed by atoms with Crippen molar-refractivity contribution in [2.45, 2.75) is 12.6 Å². The van der Waals surface area contributed by atoms with Gasteiger partial charge >= 0.3 is 6.18 Å². The van der Waals surface area contributed by atoms with Gasteiger partial charge < -0.3 is 10.2 Å². The van der Waals surface area contributed by atoms with Crippen molar-refractivity contribution in [2.24, 2.45) is 0 Å². The Balaban J connectivity index is 1.60. The monoisotopic (exact) mass is 446 g/mol. The molecule has 31 heavy (non-hydrogen) atoms. The van der Waals surface area contributed by atoms with Gasteiger partial charge in [0.05, 0.1) is 23.4 Å². The lowest BCUT2D eigenvalue weighted by molar-refractivity contribution is -0.137. The molecule has 2 amide bonds. The van der Waals surface area contributed by atoms with E-state index in [-0.39, 0.29) is 29.7 Å². The van der Waals surface area contributed by atoms with E-state index in [0.29, 0.717) is 22.5 Å². The summed E-state index contributed by atoms with van der Waals surface area (Å²) in [4.78, 5) is 35.1. The van der Waals surface area contributed by atoms with Crippen LogP contribution in [0.5, 0.6) is 0 Å². The molecule has 0 saturated heterocycles. The average Bonchev–Trinajstić information content (AvgIpc) is 2.82. The number of anilines is 2. The van der Waals surface area contributed by atoms with Crippen molar-refractivity contribution >= 4 is 34.8 Å². The number of alkyl halides is 3. The third-order valence-corrected chi connectivity index (χ3v) is 4.94. The van der Waals surface area contributed by atoms with Gasteiger partial charge in [-0.15, -0.1) is 0 Å². The first-order chi connectivity index (χ1) is 14.7. The molecule has 0 aliphatic carbocycles. The number of hydrogen-bond acceptors (Lipinski definition) is 4. The maximum atomic E-state index is 12.9. The second kappa shape index (κ2) is 7.99. The number of nitrogens with zero attached hydrogens (tertiary/aromatic N) is 3. The lowest BCUT2D eigenvalue weighted by atomic mass is 10.0. The lowest BCUT2D eigenvalue weighted by Gasteiger charge is -2.22. The van der Waals surface area contributed by atoms with Crippen molar-refractivity contribution < 1.29 is 22.8 Å². The summed E-state index contributed by atoms with van der Waals surface area (Å²) in [6.45, 7) is -0.360. The highest BCUT2D eigenvalue weighted by Crippen LogP contribution is 2.36. The lowest BCUT2D eigenvalue weighted by Crippen LogP contribution is -2.38. The van der Waals surface area contributed by atoms with Crippen LogP contribution >= 0.6 is 11.6 Å². The predicted molar refractivity (Wildman–Crippen MR) is 109 cm³/mol. The molecule has 0 saturated carbocycles. The number of benzene rings is 1. The standard InChI is InChI=1S/C21H14ClF3N4O2/c22-18-9-17-15(10-27-18)14-2-1-7-26-16(14)8-20(31)29(17)11-19(30)28-13-5-3-12(4-6-13)21(23,24)25/h1-7,9-10H,8,11H2,(H,28,30). The van der Waals surface area contributed by atoms with Crippen LogP contribution in [0.4, 0.5) is 24.5 Å². The molecule has 3 heterocycles. The van der Waals surface area contributed by atoms with Crippen LogP contribution in [0.1, 0.15) is 11.3 Å². The number of rotatable bonds is 3. The molecule has 2 aromatic heterocycles. The Bertz CT molecular complexity index is 1170. The Kier molecular flexibility index (Phi) is 5.36. The summed E-state index contributed by atoms with van der Waals surface area (Å²) in [5, 5.41) is 2.66. The number of aromatic nitrogens is 2. The zero-order valence-electron chi connectivity index (χ0n) is 15.8. The van der Waals surface area contributed by atoms with Crippen LogP contribution in [-0.4, -0.2) is 28.3 Å². The van der Waals surface area contributed by atoms with Crippen LogP contribution in [0.2, 0.25) is 5.15 Å². The second-order valence-corrected chi connectivity index (χ2v) is 7.19. The number of carbonyl (C=O) groups is 2. The molecule has 4 rings (SSSR count). The normalized spacial score (nSPS) is 13.3. The first kappa shape index (κ1) is 20.8. The van der Waals surface area contributed by atoms with Crippen molar-refractivity contribution in [1.82, 2.24) is 9.97 Å². The molecule has 0 bridgehead atoms. The molecule has 0 atom stereocenters. The molecule has 0 unspecified atom stereocenters. The van der Waals surface area contributed by atoms with Crippen LogP contribution in [0.25, 0.3) is 11.1 Å². The highest BCUT2D eigenvalue weighted by atomic mass is 35.5. The van der Waals surface area contributed by atoms with Crippen LogP contribution in [0.15, 0.2) is 54.9 Å². The molecule has 0 spiro atoms. The second-order valence-electron chi connectivity index (χ2n) is 6.80. The van der Waals surface area contributed by atoms with E-state index in [1.54, 1.807) is 18.3 Å². The zero-order chi connectivity index (χ0) is 22.2. The minimum absolute atomic E-state index is 0.0317. The number of carbonyl (C=O) groups excluding carboxylic acids is 2. The third-order valence-electron chi connectivity index (χ3n) is 4.74. The quantitative estimate of drug-likeness (QED) is 0.607. The largest absolute Gasteiger partial charge is 0.416 e. The summed E-state index contributed by atoms with van der Waals surface area (Å²) in [6, 6.07) is 9.07. The molecular formula is C21H14ClF3N4O2. The van der Waals surface area contributed by atoms with Crippen molar-refractivity contribution in [3.63, 3.8) is 0 Å². The van der Waals surface area contributed by atoms with E-state index < -0.39 is 17.6 Å². The highest BCUT2D eigenvalue weighted by Gasteiger charge is 2.31. The Morgan fingerprint density at radius 3 is 2.58 bits per heavy atom. The Morgan fingerprint density at radius 2 is 1.87 bits per heavy atom. The fraction of sp³-hybridized carbons (Fsp3) is 0.143. The topological polar surface area (TPSA) is 75.2 Å². The first-order valence-electron chi connectivity index (χ1n) is 9.09. The summed E-state index contributed by atoms with van der Waals surface area (Å²) in [6.07, 6.45) is -1.42. The van der Waals surface area contributed by atoms with E-state index in [1.807, 2.05) is 0 Å². The molecule has 3 aromatic rings. The zero-order valence-corrected chi connectivity index (χ0v) is 16.5. The minimum atomic E-state index is -4.47. The number of amides is 2. The fourth-order valence-corrected chi connectivity index (χ4v) is 3.46. The average molecular weight is 447 g/mol. The van der Waals surface area contributed by atoms with Gasteiger partial charge in [0, 0.05) is 29.2 Å². The number of nitrogens with one attached hydrogen (secondary N) is 1. The summed E-state index contributed by atoms with van der Waals surface area (Å²) < 4.78 is 38.1. The maximum Gasteiger partial charge on any atom is 0.416 e. The molecule has 1 aliphatic rings. The molecule has 1 N–H and O–H groups in total. The highest BCUT2D eigenvalue weighted by molar-refractivity contribution is 6.30. The van der Waals surface area contributed by atoms with Crippen molar-refractivity contribution in [1.29, 1.82) is 0 Å². The first-order valence-corrected chi connectivity index (χ1v) is 9.47. The fourth-order valence-electron chi connectivity index (χ4n) is 3.31. The molecule has 1 aliphatic heterocycles. The third kappa shape index (κ3) is 4.36. The van der Waals surface area contributed by atoms with E-state index in [2.05, 4.69) is 15.3 Å². The van der Waals surface area contributed by atoms with E-state index in [4.69, 9.17) is 11.6 Å². The van der Waals surface area contributed by atoms with Gasteiger partial charge in [-0.05, 0) is 36.4 Å². The Labute approximate surface area is 179 Å². The van der Waals surface area contributed by atoms with Gasteiger partial charge in [-0.25, -0.2) is 4.98 Å². The van der Waals surface area contributed by atoms with Crippen molar-refractivity contribution in [2.75, 3.05) is 16.8 Å². The summed E-state index contributed by atoms with van der Waals surface area (Å²) >= 11 is 6.03. The van der Waals surface area contributed by atoms with E-state index >= 15 is 0 Å². The SMILES string of the molecule is O=C(CN1C(=O)Cc2ncccc2-c2cnc(Cl)cc21)Nc1ccc(C(F)(F)F)cc1. The number of hydrogen-bond donors (Lipinski definition) is 1. The predicted octanol–water partition coefficient (Wildman–Crippen LogP) is 4.34. The van der Waals surface area contributed by atoms with Gasteiger partial charge in [-0.3, -0.25) is 14.6 Å².